The zero-order valence-electron chi connectivity index (χ0n) is 21.9. The number of halogens is 1. The Morgan fingerprint density at radius 1 is 1.25 bits per heavy atom. The standard InChI is InChI=1S/C28H29FN8O3/c1-2-23-24(35-28(38)40-16-22-15-39-9-8-30-22)14-37-26(23)27(31-17-33-37)34-21-6-7-25-19(11-21)12-32-36(25)13-18-4-3-5-20(29)10-18/h3-7,10-12,14,17,22,30H,2,8-9,13,15-16H2,1H3,(H,35,38)(H,31,33,34)/t22-/m0/s1. The molecule has 0 spiro atoms. The summed E-state index contributed by atoms with van der Waals surface area (Å²) < 4.78 is 28.0. The maximum absolute atomic E-state index is 13.6. The average Bonchev–Trinajstić information content (AvgIpc) is 3.53. The normalized spacial score (nSPS) is 15.4. The number of carbonyl (C=O) groups excluding carboxylic acids is 1. The minimum atomic E-state index is -0.541. The lowest BCUT2D eigenvalue weighted by atomic mass is 10.2. The number of hydrogen-bond acceptors (Lipinski definition) is 8. The number of hydrogen-bond donors (Lipinski definition) is 3. The van der Waals surface area contributed by atoms with Crippen molar-refractivity contribution < 1.29 is 18.7 Å². The van der Waals surface area contributed by atoms with E-state index in [1.165, 1.54) is 18.5 Å². The van der Waals surface area contributed by atoms with Crippen LogP contribution in [0.2, 0.25) is 0 Å². The molecule has 0 unspecified atom stereocenters. The highest BCUT2D eigenvalue weighted by atomic mass is 19.1. The third-order valence-electron chi connectivity index (χ3n) is 6.81. The van der Waals surface area contributed by atoms with Gasteiger partial charge >= 0.3 is 6.09 Å². The van der Waals surface area contributed by atoms with Crippen molar-refractivity contribution in [3.63, 3.8) is 0 Å². The molecular formula is C28H29FN8O3. The Morgan fingerprint density at radius 3 is 3.00 bits per heavy atom. The van der Waals surface area contributed by atoms with E-state index in [1.807, 2.05) is 35.9 Å². The van der Waals surface area contributed by atoms with Gasteiger partial charge in [0.25, 0.3) is 0 Å². The van der Waals surface area contributed by atoms with Gasteiger partial charge in [0, 0.05) is 23.2 Å². The third kappa shape index (κ3) is 5.44. The first-order valence-electron chi connectivity index (χ1n) is 13.1. The Kier molecular flexibility index (Phi) is 7.25. The molecule has 1 atom stereocenters. The van der Waals surface area contributed by atoms with Crippen LogP contribution in [-0.4, -0.2) is 62.9 Å². The first-order valence-corrected chi connectivity index (χ1v) is 13.1. The number of rotatable bonds is 8. The summed E-state index contributed by atoms with van der Waals surface area (Å²) in [6, 6.07) is 12.4. The molecule has 1 fully saturated rings. The molecule has 3 N–H and O–H groups in total. The molecule has 206 valence electrons. The number of fused-ring (bicyclic) bond motifs is 2. The van der Waals surface area contributed by atoms with E-state index in [2.05, 4.69) is 31.1 Å². The number of carbonyl (C=O) groups is 1. The quantitative estimate of drug-likeness (QED) is 0.267. The van der Waals surface area contributed by atoms with Crippen LogP contribution in [0.1, 0.15) is 18.1 Å². The molecule has 11 nitrogen and oxygen atoms in total. The van der Waals surface area contributed by atoms with Gasteiger partial charge in [0.15, 0.2) is 5.82 Å². The molecule has 6 rings (SSSR count). The van der Waals surface area contributed by atoms with Gasteiger partial charge < -0.3 is 20.1 Å². The van der Waals surface area contributed by atoms with E-state index in [-0.39, 0.29) is 18.5 Å². The maximum atomic E-state index is 13.6. The van der Waals surface area contributed by atoms with E-state index in [1.54, 1.807) is 23.0 Å². The summed E-state index contributed by atoms with van der Waals surface area (Å²) in [7, 11) is 0. The molecule has 40 heavy (non-hydrogen) atoms. The molecule has 1 aliphatic heterocycles. The lowest BCUT2D eigenvalue weighted by Crippen LogP contribution is -2.44. The smallest absolute Gasteiger partial charge is 0.411 e. The topological polar surface area (TPSA) is 120 Å². The van der Waals surface area contributed by atoms with Crippen molar-refractivity contribution in [3.8, 4) is 0 Å². The molecule has 3 aromatic heterocycles. The van der Waals surface area contributed by atoms with Crippen molar-refractivity contribution >= 4 is 39.7 Å². The van der Waals surface area contributed by atoms with E-state index in [9.17, 15) is 9.18 Å². The van der Waals surface area contributed by atoms with Crippen molar-refractivity contribution in [2.45, 2.75) is 25.9 Å². The van der Waals surface area contributed by atoms with E-state index in [0.717, 1.165) is 39.8 Å². The highest BCUT2D eigenvalue weighted by molar-refractivity contribution is 5.91. The predicted molar refractivity (Wildman–Crippen MR) is 148 cm³/mol. The third-order valence-corrected chi connectivity index (χ3v) is 6.81. The van der Waals surface area contributed by atoms with Crippen LogP contribution in [0, 0.1) is 5.82 Å². The van der Waals surface area contributed by atoms with Crippen LogP contribution in [-0.2, 0) is 22.4 Å². The summed E-state index contributed by atoms with van der Waals surface area (Å²) in [5.74, 6) is 0.332. The highest BCUT2D eigenvalue weighted by Gasteiger charge is 2.19. The van der Waals surface area contributed by atoms with Gasteiger partial charge in [-0.3, -0.25) is 10.00 Å². The Labute approximate surface area is 229 Å². The minimum Gasteiger partial charge on any atom is -0.448 e. The van der Waals surface area contributed by atoms with Gasteiger partial charge in [-0.15, -0.1) is 0 Å². The number of nitrogens with one attached hydrogen (secondary N) is 3. The molecule has 1 aliphatic rings. The van der Waals surface area contributed by atoms with Crippen molar-refractivity contribution in [1.29, 1.82) is 0 Å². The summed E-state index contributed by atoms with van der Waals surface area (Å²) >= 11 is 0. The molecule has 5 aromatic rings. The fourth-order valence-electron chi connectivity index (χ4n) is 4.92. The number of aryl methyl sites for hydroxylation is 1. The van der Waals surface area contributed by atoms with Crippen LogP contribution in [0.3, 0.4) is 0 Å². The van der Waals surface area contributed by atoms with Gasteiger partial charge in [-0.1, -0.05) is 19.1 Å². The molecule has 0 radical (unpaired) electrons. The number of aromatic nitrogens is 5. The summed E-state index contributed by atoms with van der Waals surface area (Å²) in [6.45, 7) is 4.59. The summed E-state index contributed by atoms with van der Waals surface area (Å²) in [5, 5.41) is 19.3. The van der Waals surface area contributed by atoms with Crippen LogP contribution < -0.4 is 16.0 Å². The van der Waals surface area contributed by atoms with Crippen molar-refractivity contribution in [2.24, 2.45) is 0 Å². The van der Waals surface area contributed by atoms with E-state index in [4.69, 9.17) is 9.47 Å². The second-order valence-electron chi connectivity index (χ2n) is 9.56. The van der Waals surface area contributed by atoms with Crippen LogP contribution >= 0.6 is 0 Å². The van der Waals surface area contributed by atoms with Crippen LogP contribution in [0.25, 0.3) is 16.4 Å². The van der Waals surface area contributed by atoms with Crippen molar-refractivity contribution in [2.75, 3.05) is 37.0 Å². The van der Waals surface area contributed by atoms with E-state index >= 15 is 0 Å². The number of ether oxygens (including phenoxy) is 2. The first kappa shape index (κ1) is 25.7. The van der Waals surface area contributed by atoms with Crippen LogP contribution in [0.4, 0.5) is 26.4 Å². The number of anilines is 3. The second kappa shape index (κ2) is 11.3. The monoisotopic (exact) mass is 544 g/mol. The minimum absolute atomic E-state index is 0.0225. The Bertz CT molecular complexity index is 1660. The molecular weight excluding hydrogens is 515 g/mol. The number of morpholine rings is 1. The molecule has 0 bridgehead atoms. The summed E-state index contributed by atoms with van der Waals surface area (Å²) in [4.78, 5) is 17.0. The number of nitrogens with zero attached hydrogens (tertiary/aromatic N) is 5. The van der Waals surface area contributed by atoms with Crippen LogP contribution in [0.5, 0.6) is 0 Å². The molecule has 0 aliphatic carbocycles. The van der Waals surface area contributed by atoms with Gasteiger partial charge in [0.2, 0.25) is 0 Å². The second-order valence-corrected chi connectivity index (χ2v) is 9.56. The van der Waals surface area contributed by atoms with Gasteiger partial charge in [0.05, 0.1) is 49.4 Å². The Balaban J connectivity index is 1.20. The van der Waals surface area contributed by atoms with Gasteiger partial charge in [-0.05, 0) is 42.3 Å². The molecule has 1 saturated heterocycles. The largest absolute Gasteiger partial charge is 0.448 e. The molecule has 2 aromatic carbocycles. The molecule has 0 saturated carbocycles. The Morgan fingerprint density at radius 2 is 2.17 bits per heavy atom. The zero-order chi connectivity index (χ0) is 27.5. The Hall–Kier alpha value is -4.55. The van der Waals surface area contributed by atoms with Gasteiger partial charge in [-0.2, -0.15) is 10.2 Å². The predicted octanol–water partition coefficient (Wildman–Crippen LogP) is 4.11. The van der Waals surface area contributed by atoms with E-state index in [0.29, 0.717) is 37.7 Å². The fraction of sp³-hybridized carbons (Fsp3) is 0.286. The van der Waals surface area contributed by atoms with Crippen molar-refractivity contribution in [1.82, 2.24) is 29.7 Å². The maximum Gasteiger partial charge on any atom is 0.411 e. The average molecular weight is 545 g/mol. The highest BCUT2D eigenvalue weighted by Crippen LogP contribution is 2.30. The van der Waals surface area contributed by atoms with Gasteiger partial charge in [-0.25, -0.2) is 18.7 Å². The van der Waals surface area contributed by atoms with Crippen LogP contribution in [0.15, 0.2) is 61.2 Å². The number of amides is 1. The lowest BCUT2D eigenvalue weighted by molar-refractivity contribution is 0.0494. The van der Waals surface area contributed by atoms with E-state index < -0.39 is 6.09 Å². The lowest BCUT2D eigenvalue weighted by Gasteiger charge is -2.23. The molecule has 12 heteroatoms. The molecule has 4 heterocycles. The van der Waals surface area contributed by atoms with Crippen molar-refractivity contribution in [3.05, 3.63) is 78.1 Å². The number of benzene rings is 2. The summed E-state index contributed by atoms with van der Waals surface area (Å²) in [6.07, 6.45) is 5.09. The SMILES string of the molecule is CCc1c(NC(=O)OC[C@@H]2COCCN2)cn2ncnc(Nc3ccc4c(cnn4Cc4cccc(F)c4)c3)c12. The summed E-state index contributed by atoms with van der Waals surface area (Å²) in [5.41, 5.74) is 4.83. The zero-order valence-corrected chi connectivity index (χ0v) is 21.9. The first-order chi connectivity index (χ1) is 19.6. The molecule has 1 amide bonds. The fourth-order valence-corrected chi connectivity index (χ4v) is 4.92. The van der Waals surface area contributed by atoms with Gasteiger partial charge in [0.1, 0.15) is 24.3 Å².